The van der Waals surface area contributed by atoms with Crippen molar-refractivity contribution in [2.24, 2.45) is 4.99 Å². The number of nitrogens with zero attached hydrogens (tertiary/aromatic N) is 2. The quantitative estimate of drug-likeness (QED) is 0.427. The van der Waals surface area contributed by atoms with Crippen LogP contribution in [0.3, 0.4) is 0 Å². The van der Waals surface area contributed by atoms with Crippen LogP contribution in [-0.4, -0.2) is 62.5 Å². The number of amides is 1. The fraction of sp³-hybridized carbons (Fsp3) is 0.556. The van der Waals surface area contributed by atoms with Crippen molar-refractivity contribution in [3.8, 4) is 0 Å². The van der Waals surface area contributed by atoms with Crippen LogP contribution in [0.15, 0.2) is 23.2 Å². The predicted octanol–water partition coefficient (Wildman–Crippen LogP) is 1.83. The van der Waals surface area contributed by atoms with Gasteiger partial charge >= 0.3 is 0 Å². The number of likely N-dealkylation sites (N-methyl/N-ethyl adjacent to an activating group) is 1. The first-order chi connectivity index (χ1) is 11.5. The van der Waals surface area contributed by atoms with Gasteiger partial charge in [0.2, 0.25) is 5.91 Å². The summed E-state index contributed by atoms with van der Waals surface area (Å²) in [5, 5.41) is 6.61. The van der Waals surface area contributed by atoms with Crippen LogP contribution in [0.1, 0.15) is 16.7 Å². The normalized spacial score (nSPS) is 11.3. The van der Waals surface area contributed by atoms with Crippen LogP contribution >= 0.6 is 11.8 Å². The average Bonchev–Trinajstić information content (AvgIpc) is 2.54. The highest BCUT2D eigenvalue weighted by molar-refractivity contribution is 7.98. The number of thioether (sulfide) groups is 1. The number of benzene rings is 1. The topological polar surface area (TPSA) is 56.7 Å². The van der Waals surface area contributed by atoms with Crippen molar-refractivity contribution < 1.29 is 4.79 Å². The molecular formula is C18H30N4OS. The first kappa shape index (κ1) is 20.4. The number of hydrogen-bond donors (Lipinski definition) is 2. The Morgan fingerprint density at radius 3 is 2.38 bits per heavy atom. The zero-order valence-corrected chi connectivity index (χ0v) is 16.3. The number of aryl methyl sites for hydroxylation is 2. The van der Waals surface area contributed by atoms with E-state index in [9.17, 15) is 4.79 Å². The minimum atomic E-state index is -0.00397. The molecule has 1 rings (SSSR count). The molecule has 134 valence electrons. The summed E-state index contributed by atoms with van der Waals surface area (Å²) in [6.07, 6.45) is 3.01. The SMILES string of the molecule is CSCCNC(=NCC(=O)N(C)C)NCCc1c(C)cccc1C. The monoisotopic (exact) mass is 350 g/mol. The Hall–Kier alpha value is -1.69. The third kappa shape index (κ3) is 7.25. The van der Waals surface area contributed by atoms with E-state index in [4.69, 9.17) is 0 Å². The van der Waals surface area contributed by atoms with Gasteiger partial charge in [-0.25, -0.2) is 4.99 Å². The minimum absolute atomic E-state index is 0.00397. The molecule has 0 saturated carbocycles. The number of hydrogen-bond acceptors (Lipinski definition) is 3. The number of guanidine groups is 1. The molecule has 2 N–H and O–H groups in total. The molecule has 0 radical (unpaired) electrons. The molecule has 0 fully saturated rings. The Balaban J connectivity index is 2.60. The molecular weight excluding hydrogens is 320 g/mol. The molecule has 1 amide bonds. The molecule has 0 aromatic heterocycles. The smallest absolute Gasteiger partial charge is 0.243 e. The van der Waals surface area contributed by atoms with Gasteiger partial charge in [0.25, 0.3) is 0 Å². The molecule has 24 heavy (non-hydrogen) atoms. The highest BCUT2D eigenvalue weighted by Gasteiger charge is 2.06. The van der Waals surface area contributed by atoms with Gasteiger partial charge in [0.15, 0.2) is 5.96 Å². The molecule has 1 aromatic carbocycles. The second-order valence-electron chi connectivity index (χ2n) is 5.92. The molecule has 0 aliphatic rings. The van der Waals surface area contributed by atoms with Gasteiger partial charge in [-0.3, -0.25) is 4.79 Å². The Labute approximate surface area is 150 Å². The van der Waals surface area contributed by atoms with Gasteiger partial charge in [-0.1, -0.05) is 18.2 Å². The Kier molecular flexibility index (Phi) is 9.30. The number of carbonyl (C=O) groups excluding carboxylic acids is 1. The van der Waals surface area contributed by atoms with Crippen LogP contribution in [0.5, 0.6) is 0 Å². The van der Waals surface area contributed by atoms with Crippen LogP contribution in [0.4, 0.5) is 0 Å². The molecule has 0 atom stereocenters. The van der Waals surface area contributed by atoms with E-state index >= 15 is 0 Å². The van der Waals surface area contributed by atoms with Crippen LogP contribution in [0, 0.1) is 13.8 Å². The summed E-state index contributed by atoms with van der Waals surface area (Å²) in [7, 11) is 3.49. The maximum Gasteiger partial charge on any atom is 0.243 e. The van der Waals surface area contributed by atoms with Gasteiger partial charge in [0, 0.05) is 32.9 Å². The van der Waals surface area contributed by atoms with Crippen LogP contribution < -0.4 is 10.6 Å². The lowest BCUT2D eigenvalue weighted by Crippen LogP contribution is -2.40. The average molecular weight is 351 g/mol. The van der Waals surface area contributed by atoms with Gasteiger partial charge in [0.1, 0.15) is 6.54 Å². The first-order valence-corrected chi connectivity index (χ1v) is 9.61. The van der Waals surface area contributed by atoms with Gasteiger partial charge in [0.05, 0.1) is 0 Å². The molecule has 6 heteroatoms. The van der Waals surface area contributed by atoms with Crippen LogP contribution in [-0.2, 0) is 11.2 Å². The van der Waals surface area contributed by atoms with E-state index in [2.05, 4.69) is 53.9 Å². The predicted molar refractivity (Wildman–Crippen MR) is 105 cm³/mol. The lowest BCUT2D eigenvalue weighted by atomic mass is 10.0. The molecule has 0 heterocycles. The van der Waals surface area contributed by atoms with Crippen molar-refractivity contribution in [1.82, 2.24) is 15.5 Å². The lowest BCUT2D eigenvalue weighted by Gasteiger charge is -2.15. The molecule has 0 unspecified atom stereocenters. The fourth-order valence-electron chi connectivity index (χ4n) is 2.28. The van der Waals surface area contributed by atoms with Crippen molar-refractivity contribution in [2.45, 2.75) is 20.3 Å². The molecule has 1 aromatic rings. The van der Waals surface area contributed by atoms with Crippen LogP contribution in [0.25, 0.3) is 0 Å². The first-order valence-electron chi connectivity index (χ1n) is 8.22. The minimum Gasteiger partial charge on any atom is -0.356 e. The largest absolute Gasteiger partial charge is 0.356 e. The summed E-state index contributed by atoms with van der Waals surface area (Å²) in [5.74, 6) is 1.69. The summed E-state index contributed by atoms with van der Waals surface area (Å²) in [4.78, 5) is 17.7. The summed E-state index contributed by atoms with van der Waals surface area (Å²) in [6.45, 7) is 6.05. The maximum atomic E-state index is 11.7. The van der Waals surface area contributed by atoms with Crippen molar-refractivity contribution in [2.75, 3.05) is 45.7 Å². The second-order valence-corrected chi connectivity index (χ2v) is 6.91. The summed E-state index contributed by atoms with van der Waals surface area (Å²) < 4.78 is 0. The fourth-order valence-corrected chi connectivity index (χ4v) is 2.59. The second kappa shape index (κ2) is 11.0. The van der Waals surface area contributed by atoms with Crippen molar-refractivity contribution in [3.05, 3.63) is 34.9 Å². The standard InChI is InChI=1S/C18H30N4OS/c1-14-7-6-8-15(2)16(14)9-10-19-18(20-11-12-24-5)21-13-17(23)22(3)4/h6-8H,9-13H2,1-5H3,(H2,19,20,21). The lowest BCUT2D eigenvalue weighted by molar-refractivity contribution is -0.127. The highest BCUT2D eigenvalue weighted by atomic mass is 32.2. The van der Waals surface area contributed by atoms with Gasteiger partial charge < -0.3 is 15.5 Å². The van der Waals surface area contributed by atoms with E-state index in [1.54, 1.807) is 30.8 Å². The Bertz CT molecular complexity index is 538. The summed E-state index contributed by atoms with van der Waals surface area (Å²) >= 11 is 1.78. The zero-order valence-electron chi connectivity index (χ0n) is 15.5. The van der Waals surface area contributed by atoms with Crippen molar-refractivity contribution >= 4 is 23.6 Å². The molecule has 0 bridgehead atoms. The molecule has 0 spiro atoms. The van der Waals surface area contributed by atoms with E-state index < -0.39 is 0 Å². The van der Waals surface area contributed by atoms with E-state index in [0.29, 0.717) is 5.96 Å². The molecule has 5 nitrogen and oxygen atoms in total. The van der Waals surface area contributed by atoms with Gasteiger partial charge in [-0.2, -0.15) is 11.8 Å². The molecule has 0 saturated heterocycles. The van der Waals surface area contributed by atoms with Gasteiger partial charge in [-0.05, 0) is 43.2 Å². The van der Waals surface area contributed by atoms with Crippen molar-refractivity contribution in [1.29, 1.82) is 0 Å². The van der Waals surface area contributed by atoms with E-state index in [0.717, 1.165) is 25.3 Å². The number of nitrogens with one attached hydrogen (secondary N) is 2. The van der Waals surface area contributed by atoms with Crippen molar-refractivity contribution in [3.63, 3.8) is 0 Å². The number of aliphatic imine (C=N–C) groups is 1. The Morgan fingerprint density at radius 1 is 1.17 bits per heavy atom. The van der Waals surface area contributed by atoms with Gasteiger partial charge in [-0.15, -0.1) is 0 Å². The summed E-state index contributed by atoms with van der Waals surface area (Å²) in [6, 6.07) is 6.37. The zero-order chi connectivity index (χ0) is 17.9. The van der Waals surface area contributed by atoms with E-state index in [-0.39, 0.29) is 12.5 Å². The number of carbonyl (C=O) groups is 1. The summed E-state index contributed by atoms with van der Waals surface area (Å²) in [5.41, 5.74) is 4.00. The van der Waals surface area contributed by atoms with E-state index in [1.807, 2.05) is 0 Å². The third-order valence-corrected chi connectivity index (χ3v) is 4.39. The highest BCUT2D eigenvalue weighted by Crippen LogP contribution is 2.13. The maximum absolute atomic E-state index is 11.7. The van der Waals surface area contributed by atoms with Crippen LogP contribution in [0.2, 0.25) is 0 Å². The third-order valence-electron chi connectivity index (χ3n) is 3.78. The van der Waals surface area contributed by atoms with E-state index in [1.165, 1.54) is 16.7 Å². The Morgan fingerprint density at radius 2 is 1.79 bits per heavy atom. The molecule has 0 aliphatic carbocycles. The number of rotatable bonds is 8. The molecule has 0 aliphatic heterocycles.